The van der Waals surface area contributed by atoms with Crippen LogP contribution in [0.25, 0.3) is 11.3 Å². The zero-order chi connectivity index (χ0) is 14.7. The van der Waals surface area contributed by atoms with Crippen molar-refractivity contribution in [2.45, 2.75) is 0 Å². The number of anilines is 1. The summed E-state index contributed by atoms with van der Waals surface area (Å²) in [6.07, 6.45) is 1.61. The molecule has 4 N–H and O–H groups in total. The molecule has 0 aliphatic carbocycles. The molecule has 3 rings (SSSR count). The Balaban J connectivity index is 2.02. The van der Waals surface area contributed by atoms with Crippen molar-refractivity contribution in [2.24, 2.45) is 10.2 Å². The maximum Gasteiger partial charge on any atom is 0.292 e. The largest absolute Gasteiger partial charge is 0.399 e. The molecule has 0 fully saturated rings. The summed E-state index contributed by atoms with van der Waals surface area (Å²) in [7, 11) is 0. The van der Waals surface area contributed by atoms with Gasteiger partial charge in [-0.05, 0) is 24.3 Å². The highest BCUT2D eigenvalue weighted by Crippen LogP contribution is 2.27. The lowest BCUT2D eigenvalue weighted by Gasteiger charge is -2.00. The predicted octanol–water partition coefficient (Wildman–Crippen LogP) is 2.76. The minimum absolute atomic E-state index is 0.186. The van der Waals surface area contributed by atoms with Gasteiger partial charge in [0, 0.05) is 17.4 Å². The van der Waals surface area contributed by atoms with Gasteiger partial charge in [-0.2, -0.15) is 0 Å². The van der Waals surface area contributed by atoms with Gasteiger partial charge in [0.05, 0.1) is 5.69 Å². The number of nitrogens with two attached hydrogens (primary N) is 1. The highest BCUT2D eigenvalue weighted by Gasteiger charge is 2.11. The molecule has 0 saturated heterocycles. The van der Waals surface area contributed by atoms with E-state index in [2.05, 4.69) is 25.4 Å². The number of aromatic nitrogens is 3. The summed E-state index contributed by atoms with van der Waals surface area (Å²) < 4.78 is 0. The summed E-state index contributed by atoms with van der Waals surface area (Å²) >= 11 is 0. The number of hydrogen-bond acceptors (Lipinski definition) is 5. The molecule has 0 unspecified atom stereocenters. The number of rotatable bonds is 3. The lowest BCUT2D eigenvalue weighted by atomic mass is 10.1. The minimum Gasteiger partial charge on any atom is -0.399 e. The van der Waals surface area contributed by atoms with Gasteiger partial charge in [0.1, 0.15) is 0 Å². The Morgan fingerprint density at radius 2 is 1.95 bits per heavy atom. The third-order valence-electron chi connectivity index (χ3n) is 2.83. The van der Waals surface area contributed by atoms with E-state index in [1.165, 1.54) is 0 Å². The smallest absolute Gasteiger partial charge is 0.292 e. The fourth-order valence-corrected chi connectivity index (χ4v) is 1.86. The average molecular weight is 280 g/mol. The molecule has 0 amide bonds. The molecular weight excluding hydrogens is 268 g/mol. The maximum absolute atomic E-state index is 11.8. The van der Waals surface area contributed by atoms with Gasteiger partial charge in [0.2, 0.25) is 0 Å². The first-order chi connectivity index (χ1) is 10.2. The van der Waals surface area contributed by atoms with Crippen LogP contribution < -0.4 is 11.3 Å². The fourth-order valence-electron chi connectivity index (χ4n) is 1.86. The Morgan fingerprint density at radius 1 is 1.05 bits per heavy atom. The molecule has 0 aliphatic rings. The van der Waals surface area contributed by atoms with Crippen LogP contribution in [0.15, 0.2) is 63.7 Å². The van der Waals surface area contributed by atoms with E-state index in [1.807, 2.05) is 6.07 Å². The van der Waals surface area contributed by atoms with Crippen LogP contribution in [0.3, 0.4) is 0 Å². The monoisotopic (exact) mass is 280 g/mol. The molecule has 0 bridgehead atoms. The third-order valence-corrected chi connectivity index (χ3v) is 2.83. The quantitative estimate of drug-likeness (QED) is 0.506. The normalized spacial score (nSPS) is 11.0. The van der Waals surface area contributed by atoms with Crippen molar-refractivity contribution in [1.82, 2.24) is 15.2 Å². The number of hydrogen-bond donors (Lipinski definition) is 3. The van der Waals surface area contributed by atoms with Crippen LogP contribution in [0.5, 0.6) is 0 Å². The van der Waals surface area contributed by atoms with Gasteiger partial charge >= 0.3 is 0 Å². The number of aromatic amines is 2. The summed E-state index contributed by atoms with van der Waals surface area (Å²) in [5, 5.41) is 13.2. The standard InChI is InChI=1S/C14H12N6O/c15-10-5-3-4-9(8-10)12-13(14(21)20-18-12)19-17-11-6-1-2-7-16-11/h1-8H,15H2,(H2,18,20,21). The zero-order valence-corrected chi connectivity index (χ0v) is 10.9. The Kier molecular flexibility index (Phi) is 3.30. The summed E-state index contributed by atoms with van der Waals surface area (Å²) in [5.74, 6) is 0.427. The van der Waals surface area contributed by atoms with Gasteiger partial charge < -0.3 is 5.73 Å². The third kappa shape index (κ3) is 2.71. The van der Waals surface area contributed by atoms with Crippen LogP contribution in [-0.2, 0) is 0 Å². The van der Waals surface area contributed by atoms with E-state index >= 15 is 0 Å². The van der Waals surface area contributed by atoms with Crippen molar-refractivity contribution in [1.29, 1.82) is 0 Å². The first-order valence-corrected chi connectivity index (χ1v) is 6.23. The lowest BCUT2D eigenvalue weighted by molar-refractivity contribution is 1.06. The zero-order valence-electron chi connectivity index (χ0n) is 10.9. The topological polar surface area (TPSA) is 112 Å². The Labute approximate surface area is 119 Å². The molecule has 21 heavy (non-hydrogen) atoms. The summed E-state index contributed by atoms with van der Waals surface area (Å²) in [4.78, 5) is 15.8. The van der Waals surface area contributed by atoms with Crippen LogP contribution in [0.1, 0.15) is 0 Å². The second-order valence-electron chi connectivity index (χ2n) is 4.32. The van der Waals surface area contributed by atoms with Crippen molar-refractivity contribution < 1.29 is 0 Å². The van der Waals surface area contributed by atoms with Crippen LogP contribution in [0.4, 0.5) is 17.2 Å². The van der Waals surface area contributed by atoms with E-state index in [9.17, 15) is 4.79 Å². The molecule has 3 aromatic rings. The Hall–Kier alpha value is -3.22. The molecule has 0 spiro atoms. The van der Waals surface area contributed by atoms with Gasteiger partial charge in [-0.25, -0.2) is 4.98 Å². The van der Waals surface area contributed by atoms with Crippen LogP contribution >= 0.6 is 0 Å². The highest BCUT2D eigenvalue weighted by atomic mass is 16.1. The molecule has 0 radical (unpaired) electrons. The van der Waals surface area contributed by atoms with E-state index in [1.54, 1.807) is 42.6 Å². The van der Waals surface area contributed by atoms with E-state index in [0.717, 1.165) is 5.56 Å². The van der Waals surface area contributed by atoms with Crippen molar-refractivity contribution in [3.8, 4) is 11.3 Å². The van der Waals surface area contributed by atoms with Crippen molar-refractivity contribution in [3.63, 3.8) is 0 Å². The molecular formula is C14H12N6O. The molecule has 0 saturated carbocycles. The molecule has 2 heterocycles. The van der Waals surface area contributed by atoms with E-state index < -0.39 is 0 Å². The van der Waals surface area contributed by atoms with Gasteiger partial charge in [0.15, 0.2) is 11.5 Å². The van der Waals surface area contributed by atoms with E-state index in [4.69, 9.17) is 5.73 Å². The number of nitrogens with one attached hydrogen (secondary N) is 2. The molecule has 7 heteroatoms. The van der Waals surface area contributed by atoms with Gasteiger partial charge in [0.25, 0.3) is 5.56 Å². The number of pyridine rings is 1. The number of benzene rings is 1. The van der Waals surface area contributed by atoms with Crippen molar-refractivity contribution >= 4 is 17.2 Å². The summed E-state index contributed by atoms with van der Waals surface area (Å²) in [6.45, 7) is 0. The highest BCUT2D eigenvalue weighted by molar-refractivity contribution is 5.73. The molecule has 2 aromatic heterocycles. The van der Waals surface area contributed by atoms with E-state index in [-0.39, 0.29) is 11.2 Å². The van der Waals surface area contributed by atoms with Crippen LogP contribution in [0.2, 0.25) is 0 Å². The number of H-pyrrole nitrogens is 2. The summed E-state index contributed by atoms with van der Waals surface area (Å²) in [6, 6.07) is 12.4. The fraction of sp³-hybridized carbons (Fsp3) is 0. The Morgan fingerprint density at radius 3 is 2.71 bits per heavy atom. The molecule has 0 atom stereocenters. The predicted molar refractivity (Wildman–Crippen MR) is 79.7 cm³/mol. The average Bonchev–Trinajstić information content (AvgIpc) is 2.87. The minimum atomic E-state index is -0.355. The van der Waals surface area contributed by atoms with E-state index in [0.29, 0.717) is 17.2 Å². The molecule has 1 aromatic carbocycles. The second-order valence-corrected chi connectivity index (χ2v) is 4.32. The van der Waals surface area contributed by atoms with Crippen LogP contribution in [0, 0.1) is 0 Å². The maximum atomic E-state index is 11.8. The van der Waals surface area contributed by atoms with Gasteiger partial charge in [-0.3, -0.25) is 15.0 Å². The first-order valence-electron chi connectivity index (χ1n) is 6.23. The second kappa shape index (κ2) is 5.41. The lowest BCUT2D eigenvalue weighted by Crippen LogP contribution is -1.96. The molecule has 7 nitrogen and oxygen atoms in total. The van der Waals surface area contributed by atoms with Crippen molar-refractivity contribution in [3.05, 3.63) is 59.0 Å². The number of nitrogen functional groups attached to an aromatic ring is 1. The SMILES string of the molecule is Nc1cccc(-c2[nH][nH]c(=O)c2N=Nc2ccccn2)c1. The van der Waals surface area contributed by atoms with Gasteiger partial charge in [-0.1, -0.05) is 18.2 Å². The molecule has 104 valence electrons. The number of nitrogens with zero attached hydrogens (tertiary/aromatic N) is 3. The van der Waals surface area contributed by atoms with Gasteiger partial charge in [-0.15, -0.1) is 10.2 Å². The van der Waals surface area contributed by atoms with Crippen LogP contribution in [-0.4, -0.2) is 15.2 Å². The Bertz CT molecular complexity index is 834. The first kappa shape index (κ1) is 12.8. The summed E-state index contributed by atoms with van der Waals surface area (Å²) in [5.41, 5.74) is 7.47. The van der Waals surface area contributed by atoms with Crippen molar-refractivity contribution in [2.75, 3.05) is 5.73 Å². The number of azo groups is 1. The molecule has 0 aliphatic heterocycles.